The zero-order chi connectivity index (χ0) is 22.9. The van der Waals surface area contributed by atoms with Gasteiger partial charge in [0.2, 0.25) is 11.8 Å². The maximum absolute atomic E-state index is 13.1. The number of thioether (sulfide) groups is 1. The first-order valence-electron chi connectivity index (χ1n) is 10.9. The van der Waals surface area contributed by atoms with Crippen LogP contribution in [0.4, 0.5) is 0 Å². The van der Waals surface area contributed by atoms with Gasteiger partial charge in [0.25, 0.3) is 0 Å². The fourth-order valence-electron chi connectivity index (χ4n) is 3.50. The highest BCUT2D eigenvalue weighted by molar-refractivity contribution is 8.00. The Morgan fingerprint density at radius 2 is 1.52 bits per heavy atom. The van der Waals surface area contributed by atoms with E-state index in [9.17, 15) is 9.59 Å². The molecule has 0 spiro atoms. The molecule has 0 unspecified atom stereocenters. The van der Waals surface area contributed by atoms with E-state index in [0.29, 0.717) is 13.0 Å². The maximum Gasteiger partial charge on any atom is 0.246 e. The second-order valence-corrected chi connectivity index (χ2v) is 8.99. The molecule has 170 valence electrons. The summed E-state index contributed by atoms with van der Waals surface area (Å²) in [5.74, 6) is -0.392. The van der Waals surface area contributed by atoms with Crippen molar-refractivity contribution < 1.29 is 14.3 Å². The van der Waals surface area contributed by atoms with E-state index >= 15 is 0 Å². The van der Waals surface area contributed by atoms with Crippen LogP contribution >= 0.6 is 11.8 Å². The lowest BCUT2D eigenvalue weighted by molar-refractivity contribution is -0.135. The lowest BCUT2D eigenvalue weighted by Gasteiger charge is -2.37. The van der Waals surface area contributed by atoms with Crippen molar-refractivity contribution in [3.63, 3.8) is 0 Å². The van der Waals surface area contributed by atoms with Gasteiger partial charge in [-0.1, -0.05) is 90.6 Å². The highest BCUT2D eigenvalue weighted by Crippen LogP contribution is 2.28. The molecular formula is C26H27N3O3S. The molecule has 0 bridgehead atoms. The Morgan fingerprint density at radius 3 is 2.15 bits per heavy atom. The van der Waals surface area contributed by atoms with Gasteiger partial charge in [-0.3, -0.25) is 14.9 Å². The van der Waals surface area contributed by atoms with E-state index in [1.807, 2.05) is 91.0 Å². The average molecular weight is 462 g/mol. The van der Waals surface area contributed by atoms with Crippen LogP contribution in [0.2, 0.25) is 0 Å². The smallest absolute Gasteiger partial charge is 0.246 e. The predicted molar refractivity (Wildman–Crippen MR) is 129 cm³/mol. The second kappa shape index (κ2) is 11.7. The molecule has 0 aliphatic carbocycles. The molecule has 6 nitrogen and oxygen atoms in total. The third-order valence-electron chi connectivity index (χ3n) is 5.32. The van der Waals surface area contributed by atoms with Gasteiger partial charge in [0.15, 0.2) is 0 Å². The molecule has 3 aromatic rings. The molecule has 3 aromatic carbocycles. The summed E-state index contributed by atoms with van der Waals surface area (Å²) < 4.78 is 5.73. The minimum atomic E-state index is -0.576. The van der Waals surface area contributed by atoms with Crippen molar-refractivity contribution in [3.8, 4) is 0 Å². The number of carbonyl (C=O) groups excluding carboxylic acids is 2. The van der Waals surface area contributed by atoms with Crippen LogP contribution in [-0.4, -0.2) is 36.0 Å². The fourth-order valence-corrected chi connectivity index (χ4v) is 4.61. The summed E-state index contributed by atoms with van der Waals surface area (Å²) in [7, 11) is 0. The van der Waals surface area contributed by atoms with Crippen LogP contribution in [-0.2, 0) is 27.4 Å². The number of nitrogens with one attached hydrogen (secondary N) is 3. The number of ether oxygens (including phenoxy) is 1. The minimum absolute atomic E-state index is 0.171. The van der Waals surface area contributed by atoms with Crippen molar-refractivity contribution in [1.29, 1.82) is 0 Å². The predicted octanol–water partition coefficient (Wildman–Crippen LogP) is 3.09. The normalized spacial score (nSPS) is 18.1. The Labute approximate surface area is 198 Å². The van der Waals surface area contributed by atoms with Gasteiger partial charge in [0, 0.05) is 4.90 Å². The summed E-state index contributed by atoms with van der Waals surface area (Å²) in [6.45, 7) is 0.674. The van der Waals surface area contributed by atoms with Crippen molar-refractivity contribution >= 4 is 23.6 Å². The Kier molecular flexibility index (Phi) is 8.14. The first-order chi connectivity index (χ1) is 16.2. The zero-order valence-corrected chi connectivity index (χ0v) is 19.0. The molecule has 1 aliphatic rings. The lowest BCUT2D eigenvalue weighted by atomic mass is 10.0. The molecule has 4 rings (SSSR count). The van der Waals surface area contributed by atoms with Gasteiger partial charge in [0.05, 0.1) is 19.4 Å². The lowest BCUT2D eigenvalue weighted by Crippen LogP contribution is -2.69. The largest absolute Gasteiger partial charge is 0.362 e. The molecule has 33 heavy (non-hydrogen) atoms. The molecule has 7 heteroatoms. The van der Waals surface area contributed by atoms with E-state index < -0.39 is 12.1 Å². The van der Waals surface area contributed by atoms with E-state index in [1.54, 1.807) is 0 Å². The number of hydrogen-bond acceptors (Lipinski definition) is 5. The van der Waals surface area contributed by atoms with Crippen LogP contribution in [0.5, 0.6) is 0 Å². The van der Waals surface area contributed by atoms with Gasteiger partial charge in [0.1, 0.15) is 11.4 Å². The summed E-state index contributed by atoms with van der Waals surface area (Å²) in [6, 6.07) is 28.4. The van der Waals surface area contributed by atoms with Crippen LogP contribution in [0.1, 0.15) is 11.1 Å². The molecular weight excluding hydrogens is 434 g/mol. The first kappa shape index (κ1) is 23.0. The van der Waals surface area contributed by atoms with Crippen molar-refractivity contribution in [1.82, 2.24) is 16.0 Å². The molecule has 1 fully saturated rings. The second-order valence-electron chi connectivity index (χ2n) is 7.77. The monoisotopic (exact) mass is 461 g/mol. The van der Waals surface area contributed by atoms with Gasteiger partial charge in [-0.2, -0.15) is 0 Å². The highest BCUT2D eigenvalue weighted by atomic mass is 32.2. The first-order valence-corrected chi connectivity index (χ1v) is 11.8. The number of carbonyl (C=O) groups is 2. The van der Waals surface area contributed by atoms with Crippen LogP contribution < -0.4 is 16.0 Å². The zero-order valence-electron chi connectivity index (χ0n) is 18.1. The number of β-lactam (4-membered cyclic amide) rings is 1. The molecule has 0 radical (unpaired) electrons. The summed E-state index contributed by atoms with van der Waals surface area (Å²) in [5, 5.41) is 8.80. The molecule has 1 aliphatic heterocycles. The SMILES string of the molecule is O=C(N[C@@H]1C(=O)N[C@@H]1Sc1ccccc1)[C@H](Cc1ccccc1)NCOCc1ccccc1. The minimum Gasteiger partial charge on any atom is -0.362 e. The Hall–Kier alpha value is -3.13. The Morgan fingerprint density at radius 1 is 0.909 bits per heavy atom. The van der Waals surface area contributed by atoms with Gasteiger partial charge in [-0.05, 0) is 29.7 Å². The molecule has 0 saturated carbocycles. The molecule has 3 atom stereocenters. The topological polar surface area (TPSA) is 79.5 Å². The standard InChI is InChI=1S/C26H27N3O3S/c30-24(28-23-25(31)29-26(23)33-21-14-8-3-9-15-21)22(16-19-10-4-1-5-11-19)27-18-32-17-20-12-6-2-7-13-20/h1-15,22-23,26-27H,16-18H2,(H,28,30)(H,29,31)/t22-,23+,26+/m0/s1. The number of amides is 2. The van der Waals surface area contributed by atoms with E-state index in [2.05, 4.69) is 16.0 Å². The molecule has 1 saturated heterocycles. The van der Waals surface area contributed by atoms with Gasteiger partial charge < -0.3 is 15.4 Å². The number of benzene rings is 3. The number of rotatable bonds is 11. The summed E-state index contributed by atoms with van der Waals surface area (Å²) in [5.41, 5.74) is 2.09. The molecule has 1 heterocycles. The van der Waals surface area contributed by atoms with Crippen LogP contribution in [0.25, 0.3) is 0 Å². The van der Waals surface area contributed by atoms with E-state index in [-0.39, 0.29) is 23.9 Å². The molecule has 0 aromatic heterocycles. The van der Waals surface area contributed by atoms with Crippen LogP contribution in [0.15, 0.2) is 95.9 Å². The maximum atomic E-state index is 13.1. The van der Waals surface area contributed by atoms with Gasteiger partial charge in [-0.25, -0.2) is 0 Å². The van der Waals surface area contributed by atoms with E-state index in [4.69, 9.17) is 4.74 Å². The Balaban J connectivity index is 1.35. The quantitative estimate of drug-likeness (QED) is 0.232. The van der Waals surface area contributed by atoms with Gasteiger partial charge >= 0.3 is 0 Å². The van der Waals surface area contributed by atoms with Crippen molar-refractivity contribution in [2.75, 3.05) is 6.73 Å². The third kappa shape index (κ3) is 6.68. The highest BCUT2D eigenvalue weighted by Gasteiger charge is 2.41. The van der Waals surface area contributed by atoms with E-state index in [1.165, 1.54) is 11.8 Å². The van der Waals surface area contributed by atoms with Crippen molar-refractivity contribution in [3.05, 3.63) is 102 Å². The number of hydrogen-bond donors (Lipinski definition) is 3. The van der Waals surface area contributed by atoms with Crippen molar-refractivity contribution in [2.45, 2.75) is 35.4 Å². The summed E-state index contributed by atoms with van der Waals surface area (Å²) >= 11 is 1.53. The third-order valence-corrected chi connectivity index (χ3v) is 6.50. The van der Waals surface area contributed by atoms with Crippen LogP contribution in [0.3, 0.4) is 0 Å². The van der Waals surface area contributed by atoms with Crippen LogP contribution in [0, 0.1) is 0 Å². The molecule has 2 amide bonds. The van der Waals surface area contributed by atoms with Gasteiger partial charge in [-0.15, -0.1) is 0 Å². The average Bonchev–Trinajstić information content (AvgIpc) is 2.86. The molecule has 3 N–H and O–H groups in total. The fraction of sp³-hybridized carbons (Fsp3) is 0.231. The van der Waals surface area contributed by atoms with Crippen molar-refractivity contribution in [2.24, 2.45) is 0 Å². The summed E-state index contributed by atoms with van der Waals surface area (Å²) in [6.07, 6.45) is 0.492. The van der Waals surface area contributed by atoms with E-state index in [0.717, 1.165) is 16.0 Å². The summed E-state index contributed by atoms with van der Waals surface area (Å²) in [4.78, 5) is 26.4. The Bertz CT molecular complexity index is 1030.